The van der Waals surface area contributed by atoms with Gasteiger partial charge in [-0.25, -0.2) is 4.79 Å². The summed E-state index contributed by atoms with van der Waals surface area (Å²) in [7, 11) is 1.65. The highest BCUT2D eigenvalue weighted by atomic mass is 16.5. The number of benzene rings is 2. The molecule has 3 amide bonds. The van der Waals surface area contributed by atoms with Crippen molar-refractivity contribution in [3.05, 3.63) is 65.7 Å². The lowest BCUT2D eigenvalue weighted by molar-refractivity contribution is -0.126. The molecule has 6 nitrogen and oxygen atoms in total. The topological polar surface area (TPSA) is 70.7 Å². The zero-order chi connectivity index (χ0) is 22.8. The normalized spacial score (nSPS) is 18.1. The maximum absolute atomic E-state index is 12.9. The Bertz CT molecular complexity index is 854. The maximum Gasteiger partial charge on any atom is 0.317 e. The summed E-state index contributed by atoms with van der Waals surface area (Å²) in [6, 6.07) is 17.9. The molecule has 1 heterocycles. The zero-order valence-corrected chi connectivity index (χ0v) is 19.2. The van der Waals surface area contributed by atoms with Crippen LogP contribution in [0.2, 0.25) is 0 Å². The largest absolute Gasteiger partial charge is 0.497 e. The van der Waals surface area contributed by atoms with Gasteiger partial charge in [-0.1, -0.05) is 55.8 Å². The van der Waals surface area contributed by atoms with Gasteiger partial charge in [-0.05, 0) is 48.9 Å². The van der Waals surface area contributed by atoms with Crippen LogP contribution in [0.25, 0.3) is 0 Å². The molecule has 2 atom stereocenters. The van der Waals surface area contributed by atoms with Crippen LogP contribution in [0.3, 0.4) is 0 Å². The molecule has 3 rings (SSSR count). The van der Waals surface area contributed by atoms with Gasteiger partial charge in [-0.2, -0.15) is 0 Å². The van der Waals surface area contributed by atoms with Gasteiger partial charge in [0.05, 0.1) is 19.1 Å². The lowest BCUT2D eigenvalue weighted by Crippen LogP contribution is -2.50. The van der Waals surface area contributed by atoms with Gasteiger partial charge in [0.1, 0.15) is 5.75 Å². The Morgan fingerprint density at radius 2 is 1.75 bits per heavy atom. The first kappa shape index (κ1) is 23.6. The lowest BCUT2D eigenvalue weighted by Gasteiger charge is -2.39. The summed E-state index contributed by atoms with van der Waals surface area (Å²) in [6.45, 7) is 3.77. The van der Waals surface area contributed by atoms with E-state index in [2.05, 4.69) is 29.7 Å². The van der Waals surface area contributed by atoms with E-state index in [-0.39, 0.29) is 23.9 Å². The Morgan fingerprint density at radius 3 is 2.44 bits per heavy atom. The second kappa shape index (κ2) is 12.1. The standard InChI is InChI=1S/C26H35N3O3/c1-3-4-17-28-26(31)29-19-22(12-15-24(29)21-8-6-5-7-9-21)25(30)27-18-16-20-10-13-23(32-2)14-11-20/h5-11,13-14,22,24H,3-4,12,15-19H2,1-2H3,(H,27,30)(H,28,31). The minimum Gasteiger partial charge on any atom is -0.497 e. The van der Waals surface area contributed by atoms with E-state index in [1.54, 1.807) is 7.11 Å². The third kappa shape index (κ3) is 6.49. The van der Waals surface area contributed by atoms with E-state index in [0.29, 0.717) is 19.6 Å². The third-order valence-electron chi connectivity index (χ3n) is 6.08. The van der Waals surface area contributed by atoms with Crippen molar-refractivity contribution in [2.24, 2.45) is 5.92 Å². The summed E-state index contributed by atoms with van der Waals surface area (Å²) in [4.78, 5) is 27.7. The van der Waals surface area contributed by atoms with Gasteiger partial charge in [-0.15, -0.1) is 0 Å². The molecule has 2 unspecified atom stereocenters. The number of nitrogens with zero attached hydrogens (tertiary/aromatic N) is 1. The molecule has 0 aromatic heterocycles. The molecule has 0 bridgehead atoms. The number of unbranched alkanes of at least 4 members (excludes halogenated alkanes) is 1. The number of nitrogens with one attached hydrogen (secondary N) is 2. The predicted octanol–water partition coefficient (Wildman–Crippen LogP) is 4.32. The molecule has 0 radical (unpaired) electrons. The van der Waals surface area contributed by atoms with Crippen LogP contribution in [0.1, 0.15) is 49.8 Å². The van der Waals surface area contributed by atoms with Crippen molar-refractivity contribution in [3.63, 3.8) is 0 Å². The van der Waals surface area contributed by atoms with Crippen LogP contribution in [0.5, 0.6) is 5.75 Å². The van der Waals surface area contributed by atoms with E-state index in [1.807, 2.05) is 47.4 Å². The van der Waals surface area contributed by atoms with Crippen molar-refractivity contribution in [1.82, 2.24) is 15.5 Å². The number of amides is 3. The Labute approximate surface area is 191 Å². The highest BCUT2D eigenvalue weighted by molar-refractivity contribution is 5.81. The molecule has 6 heteroatoms. The summed E-state index contributed by atoms with van der Waals surface area (Å²) in [5, 5.41) is 6.10. The Kier molecular flexibility index (Phi) is 8.96. The summed E-state index contributed by atoms with van der Waals surface area (Å²) < 4.78 is 5.18. The maximum atomic E-state index is 12.9. The number of hydrogen-bond acceptors (Lipinski definition) is 3. The van der Waals surface area contributed by atoms with Crippen molar-refractivity contribution in [3.8, 4) is 5.75 Å². The number of urea groups is 1. The lowest BCUT2D eigenvalue weighted by atomic mass is 9.88. The van der Waals surface area contributed by atoms with E-state index in [4.69, 9.17) is 4.74 Å². The van der Waals surface area contributed by atoms with Crippen molar-refractivity contribution in [2.45, 2.75) is 45.1 Å². The first-order valence-electron chi connectivity index (χ1n) is 11.6. The fourth-order valence-electron chi connectivity index (χ4n) is 4.17. The van der Waals surface area contributed by atoms with Crippen LogP contribution in [-0.2, 0) is 11.2 Å². The molecular weight excluding hydrogens is 402 g/mol. The van der Waals surface area contributed by atoms with Gasteiger partial charge in [-0.3, -0.25) is 4.79 Å². The average molecular weight is 438 g/mol. The highest BCUT2D eigenvalue weighted by Gasteiger charge is 2.35. The number of carbonyl (C=O) groups excluding carboxylic acids is 2. The SMILES string of the molecule is CCCCNC(=O)N1CC(C(=O)NCCc2ccc(OC)cc2)CCC1c1ccccc1. The van der Waals surface area contributed by atoms with Crippen molar-refractivity contribution < 1.29 is 14.3 Å². The van der Waals surface area contributed by atoms with Crippen LogP contribution >= 0.6 is 0 Å². The fourth-order valence-corrected chi connectivity index (χ4v) is 4.17. The van der Waals surface area contributed by atoms with Crippen molar-refractivity contribution in [2.75, 3.05) is 26.7 Å². The average Bonchev–Trinajstić information content (AvgIpc) is 2.84. The quantitative estimate of drug-likeness (QED) is 0.574. The second-order valence-electron chi connectivity index (χ2n) is 8.33. The first-order valence-corrected chi connectivity index (χ1v) is 11.6. The zero-order valence-electron chi connectivity index (χ0n) is 19.2. The molecule has 0 saturated carbocycles. The summed E-state index contributed by atoms with van der Waals surface area (Å²) in [5.41, 5.74) is 2.27. The Hall–Kier alpha value is -3.02. The molecule has 172 valence electrons. The molecule has 1 aliphatic rings. The molecular formula is C26H35N3O3. The number of rotatable bonds is 9. The highest BCUT2D eigenvalue weighted by Crippen LogP contribution is 2.33. The molecule has 32 heavy (non-hydrogen) atoms. The van der Waals surface area contributed by atoms with E-state index < -0.39 is 0 Å². The van der Waals surface area contributed by atoms with Crippen LogP contribution in [0.4, 0.5) is 4.79 Å². The number of methoxy groups -OCH3 is 1. The summed E-state index contributed by atoms with van der Waals surface area (Å²) in [6.07, 6.45) is 4.29. The minimum absolute atomic E-state index is 0.00109. The molecule has 0 spiro atoms. The van der Waals surface area contributed by atoms with Crippen LogP contribution < -0.4 is 15.4 Å². The molecule has 2 aromatic rings. The number of likely N-dealkylation sites (tertiary alicyclic amines) is 1. The second-order valence-corrected chi connectivity index (χ2v) is 8.33. The molecule has 0 aliphatic carbocycles. The van der Waals surface area contributed by atoms with Crippen molar-refractivity contribution >= 4 is 11.9 Å². The van der Waals surface area contributed by atoms with E-state index in [9.17, 15) is 9.59 Å². The van der Waals surface area contributed by atoms with Crippen LogP contribution in [0.15, 0.2) is 54.6 Å². The number of carbonyl (C=O) groups is 2. The molecule has 2 N–H and O–H groups in total. The van der Waals surface area contributed by atoms with Gasteiger partial charge in [0.25, 0.3) is 0 Å². The van der Waals surface area contributed by atoms with E-state index in [0.717, 1.165) is 49.0 Å². The Morgan fingerprint density at radius 1 is 1.00 bits per heavy atom. The summed E-state index contributed by atoms with van der Waals surface area (Å²) >= 11 is 0. The Balaban J connectivity index is 1.58. The molecule has 1 fully saturated rings. The fraction of sp³-hybridized carbons (Fsp3) is 0.462. The first-order chi connectivity index (χ1) is 15.6. The van der Waals surface area contributed by atoms with Crippen molar-refractivity contribution in [1.29, 1.82) is 0 Å². The van der Waals surface area contributed by atoms with E-state index in [1.165, 1.54) is 0 Å². The third-order valence-corrected chi connectivity index (χ3v) is 6.08. The molecule has 1 aliphatic heterocycles. The molecule has 1 saturated heterocycles. The number of ether oxygens (including phenoxy) is 1. The monoisotopic (exact) mass is 437 g/mol. The summed E-state index contributed by atoms with van der Waals surface area (Å²) in [5.74, 6) is 0.657. The van der Waals surface area contributed by atoms with E-state index >= 15 is 0 Å². The van der Waals surface area contributed by atoms with Gasteiger partial charge < -0.3 is 20.3 Å². The smallest absolute Gasteiger partial charge is 0.317 e. The number of piperidine rings is 1. The minimum atomic E-state index is -0.192. The van der Waals surface area contributed by atoms with Gasteiger partial charge in [0.15, 0.2) is 0 Å². The van der Waals surface area contributed by atoms with Crippen LogP contribution in [0, 0.1) is 5.92 Å². The molecule has 2 aromatic carbocycles. The number of hydrogen-bond donors (Lipinski definition) is 2. The predicted molar refractivity (Wildman–Crippen MR) is 127 cm³/mol. The van der Waals surface area contributed by atoms with Crippen LogP contribution in [-0.4, -0.2) is 43.6 Å². The van der Waals surface area contributed by atoms with Gasteiger partial charge in [0.2, 0.25) is 5.91 Å². The van der Waals surface area contributed by atoms with Gasteiger partial charge in [0, 0.05) is 19.6 Å². The van der Waals surface area contributed by atoms with Gasteiger partial charge >= 0.3 is 6.03 Å².